The molecule has 1 aromatic carbocycles. The number of hydrogen-bond donors (Lipinski definition) is 1. The summed E-state index contributed by atoms with van der Waals surface area (Å²) in [6, 6.07) is 8.39. The van der Waals surface area contributed by atoms with Crippen LogP contribution in [-0.4, -0.2) is 0 Å². The number of rotatable bonds is 8. The van der Waals surface area contributed by atoms with Gasteiger partial charge in [0.15, 0.2) is 0 Å². The minimum atomic E-state index is -0.189. The van der Waals surface area contributed by atoms with Crippen molar-refractivity contribution in [1.29, 1.82) is 0 Å². The molecule has 0 bridgehead atoms. The summed E-state index contributed by atoms with van der Waals surface area (Å²) in [5.74, 6) is 0. The van der Waals surface area contributed by atoms with Gasteiger partial charge in [-0.2, -0.15) is 0 Å². The Kier molecular flexibility index (Phi) is 6.95. The molecule has 0 aliphatic heterocycles. The van der Waals surface area contributed by atoms with Crippen molar-refractivity contribution in [2.75, 3.05) is 0 Å². The second-order valence-corrected chi connectivity index (χ2v) is 6.36. The van der Waals surface area contributed by atoms with E-state index < -0.39 is 0 Å². The van der Waals surface area contributed by atoms with E-state index in [4.69, 9.17) is 5.73 Å². The van der Waals surface area contributed by atoms with Crippen LogP contribution in [0.4, 0.5) is 0 Å². The van der Waals surface area contributed by atoms with Crippen LogP contribution in [0.15, 0.2) is 28.7 Å². The monoisotopic (exact) mass is 311 g/mol. The van der Waals surface area contributed by atoms with Gasteiger partial charge >= 0.3 is 0 Å². The van der Waals surface area contributed by atoms with Crippen molar-refractivity contribution in [3.63, 3.8) is 0 Å². The standard InChI is InChI=1S/C16H26BrN/c1-3-4-5-6-7-8-13-16(2,18)14-9-11-15(17)12-10-14/h9-12H,3-8,13,18H2,1-2H3. The van der Waals surface area contributed by atoms with Gasteiger partial charge < -0.3 is 5.73 Å². The zero-order chi connectivity index (χ0) is 13.4. The van der Waals surface area contributed by atoms with Gasteiger partial charge in [0.2, 0.25) is 0 Å². The van der Waals surface area contributed by atoms with E-state index in [1.165, 1.54) is 44.1 Å². The Morgan fingerprint density at radius 2 is 1.56 bits per heavy atom. The van der Waals surface area contributed by atoms with Crippen molar-refractivity contribution in [2.24, 2.45) is 5.73 Å². The molecule has 0 radical (unpaired) electrons. The smallest absolute Gasteiger partial charge is 0.0381 e. The van der Waals surface area contributed by atoms with Gasteiger partial charge in [0.25, 0.3) is 0 Å². The lowest BCUT2D eigenvalue weighted by Crippen LogP contribution is -2.32. The maximum Gasteiger partial charge on any atom is 0.0381 e. The Morgan fingerprint density at radius 1 is 1.00 bits per heavy atom. The Hall–Kier alpha value is -0.340. The van der Waals surface area contributed by atoms with E-state index >= 15 is 0 Å². The molecule has 0 aliphatic carbocycles. The Balaban J connectivity index is 2.33. The van der Waals surface area contributed by atoms with Crippen LogP contribution in [0, 0.1) is 0 Å². The molecule has 0 aliphatic rings. The first-order valence-electron chi connectivity index (χ1n) is 7.11. The quantitative estimate of drug-likeness (QED) is 0.641. The molecule has 1 atom stereocenters. The summed E-state index contributed by atoms with van der Waals surface area (Å²) in [4.78, 5) is 0. The fourth-order valence-electron chi connectivity index (χ4n) is 2.25. The van der Waals surface area contributed by atoms with Gasteiger partial charge in [0.05, 0.1) is 0 Å². The predicted octanol–water partition coefficient (Wildman–Crippen LogP) is 5.37. The maximum absolute atomic E-state index is 6.41. The van der Waals surface area contributed by atoms with E-state index in [1.54, 1.807) is 0 Å². The van der Waals surface area contributed by atoms with Crippen LogP contribution in [0.5, 0.6) is 0 Å². The molecule has 0 spiro atoms. The molecule has 18 heavy (non-hydrogen) atoms. The molecular weight excluding hydrogens is 286 g/mol. The Morgan fingerprint density at radius 3 is 2.17 bits per heavy atom. The highest BCUT2D eigenvalue weighted by Crippen LogP contribution is 2.25. The summed E-state index contributed by atoms with van der Waals surface area (Å²) in [7, 11) is 0. The molecule has 1 unspecified atom stereocenters. The van der Waals surface area contributed by atoms with E-state index in [-0.39, 0.29) is 5.54 Å². The number of unbranched alkanes of at least 4 members (excludes halogenated alkanes) is 5. The molecule has 0 aromatic heterocycles. The summed E-state index contributed by atoms with van der Waals surface area (Å²) in [5.41, 5.74) is 7.46. The number of halogens is 1. The lowest BCUT2D eigenvalue weighted by molar-refractivity contribution is 0.421. The van der Waals surface area contributed by atoms with Crippen LogP contribution in [-0.2, 0) is 5.54 Å². The largest absolute Gasteiger partial charge is 0.322 e. The van der Waals surface area contributed by atoms with Gasteiger partial charge in [-0.1, -0.05) is 73.5 Å². The first kappa shape index (κ1) is 15.7. The van der Waals surface area contributed by atoms with E-state index in [0.29, 0.717) is 0 Å². The number of nitrogens with two attached hydrogens (primary N) is 1. The van der Waals surface area contributed by atoms with E-state index in [1.807, 2.05) is 0 Å². The van der Waals surface area contributed by atoms with Crippen molar-refractivity contribution in [1.82, 2.24) is 0 Å². The SMILES string of the molecule is CCCCCCCCC(C)(N)c1ccc(Br)cc1. The summed E-state index contributed by atoms with van der Waals surface area (Å²) in [6.45, 7) is 4.40. The molecule has 0 fully saturated rings. The van der Waals surface area contributed by atoms with Gasteiger partial charge in [-0.05, 0) is 31.0 Å². The first-order valence-corrected chi connectivity index (χ1v) is 7.90. The van der Waals surface area contributed by atoms with E-state index in [2.05, 4.69) is 54.0 Å². The average molecular weight is 312 g/mol. The van der Waals surface area contributed by atoms with Gasteiger partial charge in [0.1, 0.15) is 0 Å². The second kappa shape index (κ2) is 7.96. The topological polar surface area (TPSA) is 26.0 Å². The van der Waals surface area contributed by atoms with Gasteiger partial charge in [-0.25, -0.2) is 0 Å². The summed E-state index contributed by atoms with van der Waals surface area (Å²) >= 11 is 3.46. The zero-order valence-electron chi connectivity index (χ0n) is 11.7. The fraction of sp³-hybridized carbons (Fsp3) is 0.625. The second-order valence-electron chi connectivity index (χ2n) is 5.44. The molecule has 0 amide bonds. The third-order valence-electron chi connectivity index (χ3n) is 3.55. The van der Waals surface area contributed by atoms with Crippen LogP contribution in [0.2, 0.25) is 0 Å². The van der Waals surface area contributed by atoms with Gasteiger partial charge in [-0.15, -0.1) is 0 Å². The molecule has 2 N–H and O–H groups in total. The van der Waals surface area contributed by atoms with Crippen LogP contribution >= 0.6 is 15.9 Å². The van der Waals surface area contributed by atoms with Gasteiger partial charge in [-0.3, -0.25) is 0 Å². The van der Waals surface area contributed by atoms with Crippen molar-refractivity contribution < 1.29 is 0 Å². The lowest BCUT2D eigenvalue weighted by Gasteiger charge is -2.25. The average Bonchev–Trinajstić information content (AvgIpc) is 2.34. The fourth-order valence-corrected chi connectivity index (χ4v) is 2.51. The van der Waals surface area contributed by atoms with E-state index in [9.17, 15) is 0 Å². The van der Waals surface area contributed by atoms with Crippen LogP contribution in [0.1, 0.15) is 64.4 Å². The van der Waals surface area contributed by atoms with Crippen LogP contribution < -0.4 is 5.73 Å². The van der Waals surface area contributed by atoms with Crippen molar-refractivity contribution >= 4 is 15.9 Å². The molecule has 1 aromatic rings. The molecule has 1 nitrogen and oxygen atoms in total. The number of benzene rings is 1. The van der Waals surface area contributed by atoms with E-state index in [0.717, 1.165) is 10.9 Å². The van der Waals surface area contributed by atoms with Crippen molar-refractivity contribution in [3.05, 3.63) is 34.3 Å². The molecule has 0 saturated heterocycles. The minimum Gasteiger partial charge on any atom is -0.322 e. The summed E-state index contributed by atoms with van der Waals surface area (Å²) < 4.78 is 1.11. The maximum atomic E-state index is 6.41. The van der Waals surface area contributed by atoms with Crippen molar-refractivity contribution in [3.8, 4) is 0 Å². The highest BCUT2D eigenvalue weighted by molar-refractivity contribution is 9.10. The van der Waals surface area contributed by atoms with Crippen LogP contribution in [0.3, 0.4) is 0 Å². The highest BCUT2D eigenvalue weighted by Gasteiger charge is 2.20. The third kappa shape index (κ3) is 5.53. The summed E-state index contributed by atoms with van der Waals surface area (Å²) in [6.07, 6.45) is 9.01. The zero-order valence-corrected chi connectivity index (χ0v) is 13.3. The molecule has 0 saturated carbocycles. The normalized spacial score (nSPS) is 14.4. The molecule has 2 heteroatoms. The molecule has 1 rings (SSSR count). The Bertz CT molecular complexity index is 329. The lowest BCUT2D eigenvalue weighted by atomic mass is 9.87. The highest BCUT2D eigenvalue weighted by atomic mass is 79.9. The van der Waals surface area contributed by atoms with Crippen LogP contribution in [0.25, 0.3) is 0 Å². The Labute approximate surface area is 120 Å². The predicted molar refractivity (Wildman–Crippen MR) is 83.7 cm³/mol. The molecular formula is C16H26BrN. The van der Waals surface area contributed by atoms with Gasteiger partial charge in [0, 0.05) is 10.0 Å². The third-order valence-corrected chi connectivity index (χ3v) is 4.08. The van der Waals surface area contributed by atoms with Crippen molar-refractivity contribution in [2.45, 2.75) is 64.3 Å². The number of hydrogen-bond acceptors (Lipinski definition) is 1. The summed E-state index contributed by atoms with van der Waals surface area (Å²) in [5, 5.41) is 0. The first-order chi connectivity index (χ1) is 8.56. The molecule has 0 heterocycles. The molecule has 102 valence electrons. The minimum absolute atomic E-state index is 0.189.